The van der Waals surface area contributed by atoms with E-state index >= 15 is 0 Å². The van der Waals surface area contributed by atoms with Gasteiger partial charge in [-0.1, -0.05) is 0 Å². The average molecular weight is 508 g/mol. The summed E-state index contributed by atoms with van der Waals surface area (Å²) in [6.07, 6.45) is 8.40. The van der Waals surface area contributed by atoms with Crippen molar-refractivity contribution in [3.63, 3.8) is 0 Å². The minimum absolute atomic E-state index is 0.797. The summed E-state index contributed by atoms with van der Waals surface area (Å²) < 4.78 is 44.6. The predicted octanol–water partition coefficient (Wildman–Crippen LogP) is 2.87. The van der Waals surface area contributed by atoms with Gasteiger partial charge in [0.2, 0.25) is 0 Å². The van der Waals surface area contributed by atoms with Crippen molar-refractivity contribution in [3.05, 3.63) is 24.8 Å². The molecule has 2 heterocycles. The van der Waals surface area contributed by atoms with E-state index in [1.807, 2.05) is 0 Å². The van der Waals surface area contributed by atoms with E-state index in [0.29, 0.717) is 0 Å². The quantitative estimate of drug-likeness (QED) is 0.313. The number of rotatable bonds is 6. The maximum atomic E-state index is 9.75. The third-order valence-corrected chi connectivity index (χ3v) is 2.92. The SMILES string of the molecule is CC#N.CN1C=CN(CCOCCN2C=CN(C)C2)C1.F[B-](F)(F)F.[Cl][Pd+]. The number of hydrogen-bond acceptors (Lipinski definition) is 6. The summed E-state index contributed by atoms with van der Waals surface area (Å²) in [7, 11) is 2.64. The van der Waals surface area contributed by atoms with Crippen molar-refractivity contribution in [2.75, 3.05) is 53.7 Å². The van der Waals surface area contributed by atoms with Gasteiger partial charge in [0.1, 0.15) is 0 Å². The van der Waals surface area contributed by atoms with Crippen LogP contribution in [-0.4, -0.2) is 80.6 Å². The zero-order valence-corrected chi connectivity index (χ0v) is 17.8. The van der Waals surface area contributed by atoms with Gasteiger partial charge in [0.15, 0.2) is 0 Å². The topological polar surface area (TPSA) is 46.0 Å². The fourth-order valence-corrected chi connectivity index (χ4v) is 1.93. The van der Waals surface area contributed by atoms with Crippen LogP contribution in [0.3, 0.4) is 0 Å². The molecule has 0 aromatic heterocycles. The second-order valence-electron chi connectivity index (χ2n) is 5.35. The molecular formula is C14H25BClF4N5OPd. The Morgan fingerprint density at radius 2 is 1.26 bits per heavy atom. The van der Waals surface area contributed by atoms with Crippen molar-refractivity contribution in [3.8, 4) is 6.07 Å². The van der Waals surface area contributed by atoms with Gasteiger partial charge in [-0.2, -0.15) is 5.26 Å². The van der Waals surface area contributed by atoms with E-state index in [9.17, 15) is 17.3 Å². The minimum atomic E-state index is -6.00. The molecule has 0 amide bonds. The second-order valence-corrected chi connectivity index (χ2v) is 5.35. The third kappa shape index (κ3) is 21.0. The first-order valence-electron chi connectivity index (χ1n) is 7.78. The predicted molar refractivity (Wildman–Crippen MR) is 95.1 cm³/mol. The zero-order chi connectivity index (χ0) is 21.3. The summed E-state index contributed by atoms with van der Waals surface area (Å²) in [5, 5.41) is 7.32. The molecule has 160 valence electrons. The molecule has 0 aromatic rings. The van der Waals surface area contributed by atoms with Gasteiger partial charge in [-0.3, -0.25) is 0 Å². The van der Waals surface area contributed by atoms with Gasteiger partial charge in [0, 0.05) is 58.9 Å². The van der Waals surface area contributed by atoms with Crippen molar-refractivity contribution in [2.24, 2.45) is 0 Å². The van der Waals surface area contributed by atoms with Gasteiger partial charge in [-0.15, -0.1) is 0 Å². The van der Waals surface area contributed by atoms with Crippen LogP contribution in [0.1, 0.15) is 6.92 Å². The molecule has 2 aliphatic heterocycles. The molecule has 0 aliphatic carbocycles. The van der Waals surface area contributed by atoms with Gasteiger partial charge in [-0.25, -0.2) is 0 Å². The van der Waals surface area contributed by atoms with Crippen molar-refractivity contribution in [2.45, 2.75) is 6.92 Å². The Kier molecular flexibility index (Phi) is 17.7. The molecule has 0 unspecified atom stereocenters. The van der Waals surface area contributed by atoms with Crippen LogP contribution in [0.15, 0.2) is 24.8 Å². The summed E-state index contributed by atoms with van der Waals surface area (Å²) in [4.78, 5) is 8.82. The number of nitrogens with zero attached hydrogens (tertiary/aromatic N) is 5. The summed E-state index contributed by atoms with van der Waals surface area (Å²) in [6.45, 7) is 6.91. The van der Waals surface area contributed by atoms with Crippen LogP contribution in [0, 0.1) is 11.3 Å². The van der Waals surface area contributed by atoms with E-state index in [1.54, 1.807) is 6.07 Å². The zero-order valence-electron chi connectivity index (χ0n) is 15.5. The van der Waals surface area contributed by atoms with Crippen LogP contribution in [0.5, 0.6) is 0 Å². The standard InChI is InChI=1S/C12H22N4O.C2H3N.BF4.ClH.Pd/c1-13-3-5-15(11-13)7-9-17-10-8-16-6-4-14(2)12-16;1-2-3;2-1(3,4)5;;/h3-6H,7-12H2,1-2H3;1H3;;1H;/q;;-1;;+2/p-1. The molecule has 0 atom stereocenters. The Morgan fingerprint density at radius 3 is 1.48 bits per heavy atom. The molecule has 0 bridgehead atoms. The maximum absolute atomic E-state index is 9.75. The number of nitriles is 1. The Hall–Kier alpha value is -1.13. The molecule has 2 rings (SSSR count). The van der Waals surface area contributed by atoms with E-state index in [1.165, 1.54) is 6.92 Å². The molecule has 6 nitrogen and oxygen atoms in total. The molecule has 0 radical (unpaired) electrons. The molecule has 13 heteroatoms. The van der Waals surface area contributed by atoms with Gasteiger partial charge in [-0.05, 0) is 0 Å². The van der Waals surface area contributed by atoms with Crippen molar-refractivity contribution in [1.29, 1.82) is 5.26 Å². The molecule has 0 saturated heterocycles. The van der Waals surface area contributed by atoms with Crippen LogP contribution < -0.4 is 0 Å². The molecule has 0 spiro atoms. The van der Waals surface area contributed by atoms with Gasteiger partial charge < -0.3 is 41.6 Å². The first kappa shape index (κ1) is 28.1. The molecule has 0 saturated carbocycles. The van der Waals surface area contributed by atoms with Crippen LogP contribution >= 0.6 is 9.53 Å². The van der Waals surface area contributed by atoms with Gasteiger partial charge in [0.25, 0.3) is 0 Å². The number of halogens is 5. The van der Waals surface area contributed by atoms with Crippen LogP contribution in [0.2, 0.25) is 0 Å². The molecule has 0 aromatic carbocycles. The summed E-state index contributed by atoms with van der Waals surface area (Å²) >= 11 is 2.22. The van der Waals surface area contributed by atoms with E-state index in [0.717, 1.165) is 39.6 Å². The number of hydrogen-bond donors (Lipinski definition) is 0. The Bertz CT molecular complexity index is 434. The summed E-state index contributed by atoms with van der Waals surface area (Å²) in [5.74, 6) is 0. The molecule has 0 N–H and O–H groups in total. The fourth-order valence-electron chi connectivity index (χ4n) is 1.93. The summed E-state index contributed by atoms with van der Waals surface area (Å²) in [5.41, 5.74) is 0. The summed E-state index contributed by atoms with van der Waals surface area (Å²) in [6, 6.07) is 1.75. The molecular weight excluding hydrogens is 483 g/mol. The Labute approximate surface area is 173 Å². The molecule has 0 fully saturated rings. The van der Waals surface area contributed by atoms with E-state index in [2.05, 4.69) is 86.2 Å². The van der Waals surface area contributed by atoms with Crippen LogP contribution in [0.25, 0.3) is 0 Å². The normalized spacial score (nSPS) is 14.7. The monoisotopic (exact) mass is 507 g/mol. The van der Waals surface area contributed by atoms with Crippen molar-refractivity contribution < 1.29 is 40.2 Å². The van der Waals surface area contributed by atoms with Gasteiger partial charge >= 0.3 is 35.0 Å². The van der Waals surface area contributed by atoms with Crippen LogP contribution in [0.4, 0.5) is 17.3 Å². The number of ether oxygens (including phenoxy) is 1. The fraction of sp³-hybridized carbons (Fsp3) is 0.643. The molecule has 27 heavy (non-hydrogen) atoms. The first-order chi connectivity index (χ1) is 12.7. The Balaban J connectivity index is 0. The van der Waals surface area contributed by atoms with E-state index < -0.39 is 7.25 Å². The Morgan fingerprint density at radius 1 is 0.963 bits per heavy atom. The van der Waals surface area contributed by atoms with E-state index in [-0.39, 0.29) is 0 Å². The second kappa shape index (κ2) is 17.0. The first-order valence-corrected chi connectivity index (χ1v) is 9.79. The van der Waals surface area contributed by atoms with Gasteiger partial charge in [0.05, 0.1) is 32.6 Å². The van der Waals surface area contributed by atoms with Crippen molar-refractivity contribution in [1.82, 2.24) is 19.6 Å². The van der Waals surface area contributed by atoms with Crippen molar-refractivity contribution >= 4 is 16.8 Å². The molecule has 2 aliphatic rings. The third-order valence-electron chi connectivity index (χ3n) is 2.92. The average Bonchev–Trinajstić information content (AvgIpc) is 3.17. The van der Waals surface area contributed by atoms with E-state index in [4.69, 9.17) is 10.00 Å². The van der Waals surface area contributed by atoms with Crippen LogP contribution in [-0.2, 0) is 22.9 Å².